The molecule has 5 atom stereocenters. The van der Waals surface area contributed by atoms with Gasteiger partial charge in [0.05, 0.1) is 13.2 Å². The van der Waals surface area contributed by atoms with Crippen molar-refractivity contribution in [2.24, 2.45) is 0 Å². The molecule has 5 amide bonds. The standard InChI is InChI=1S/C32H50N5O11P/c1-3-4-15-27(49(44,45)48-23(2)29(39)37-17-10-14-26(37)30(40)41)35-28(38)25(34-31(42)36-18-20-46-21-19-36)13-8-9-16-33-32(43)47-22-24-11-6-5-7-12-24/h5-7,11-12,23,25-27H,3-4,8-10,13-22H2,1-2H3,(H,33,43)(H,34,42)(H,35,38)(H,40,41)(H,44,45)/t23-,25-,26-,27?/m0/s1. The summed E-state index contributed by atoms with van der Waals surface area (Å²) in [7, 11) is -4.68. The maximum absolute atomic E-state index is 13.6. The van der Waals surface area contributed by atoms with Crippen molar-refractivity contribution in [1.82, 2.24) is 25.8 Å². The van der Waals surface area contributed by atoms with Gasteiger partial charge in [0.15, 0.2) is 0 Å². The van der Waals surface area contributed by atoms with Crippen molar-refractivity contribution in [3.05, 3.63) is 35.9 Å². The first-order chi connectivity index (χ1) is 23.4. The molecular formula is C32H50N5O11P. The molecular weight excluding hydrogens is 661 g/mol. The zero-order chi connectivity index (χ0) is 35.8. The van der Waals surface area contributed by atoms with Crippen molar-refractivity contribution < 1.29 is 52.5 Å². The van der Waals surface area contributed by atoms with Crippen LogP contribution in [0.1, 0.15) is 70.8 Å². The number of rotatable bonds is 18. The predicted molar refractivity (Wildman–Crippen MR) is 177 cm³/mol. The van der Waals surface area contributed by atoms with E-state index in [2.05, 4.69) is 16.0 Å². The molecule has 2 unspecified atom stereocenters. The van der Waals surface area contributed by atoms with Gasteiger partial charge < -0.3 is 45.2 Å². The summed E-state index contributed by atoms with van der Waals surface area (Å²) in [6, 6.07) is 6.59. The Morgan fingerprint density at radius 2 is 1.73 bits per heavy atom. The van der Waals surface area contributed by atoms with Gasteiger partial charge in [-0.2, -0.15) is 0 Å². The topological polar surface area (TPSA) is 213 Å². The van der Waals surface area contributed by atoms with Crippen molar-refractivity contribution in [2.75, 3.05) is 39.4 Å². The molecule has 2 aliphatic rings. The molecule has 0 aliphatic carbocycles. The second-order valence-corrected chi connectivity index (χ2v) is 14.1. The highest BCUT2D eigenvalue weighted by atomic mass is 31.2. The Morgan fingerprint density at radius 1 is 1.02 bits per heavy atom. The number of aliphatic carboxylic acids is 1. The Hall–Kier alpha value is -3.72. The van der Waals surface area contributed by atoms with E-state index in [1.54, 1.807) is 0 Å². The number of amides is 5. The number of morpholine rings is 1. The summed E-state index contributed by atoms with van der Waals surface area (Å²) >= 11 is 0. The molecule has 2 heterocycles. The van der Waals surface area contributed by atoms with E-state index in [0.717, 1.165) is 10.5 Å². The highest BCUT2D eigenvalue weighted by Gasteiger charge is 2.42. The number of carboxylic acid groups (broad SMARTS) is 1. The minimum atomic E-state index is -4.68. The predicted octanol–water partition coefficient (Wildman–Crippen LogP) is 2.79. The third kappa shape index (κ3) is 12.9. The SMILES string of the molecule is CCCCC(NC(=O)[C@H](CCCCNC(=O)OCc1ccccc1)NC(=O)N1CCOCC1)P(=O)(O)O[C@@H](C)C(=O)N1CCC[C@H]1C(=O)O. The van der Waals surface area contributed by atoms with E-state index in [9.17, 15) is 38.5 Å². The van der Waals surface area contributed by atoms with Crippen molar-refractivity contribution in [3.63, 3.8) is 0 Å². The van der Waals surface area contributed by atoms with E-state index in [-0.39, 0.29) is 39.0 Å². The highest BCUT2D eigenvalue weighted by Crippen LogP contribution is 2.49. The molecule has 49 heavy (non-hydrogen) atoms. The van der Waals surface area contributed by atoms with E-state index in [1.165, 1.54) is 11.8 Å². The Balaban J connectivity index is 1.62. The number of nitrogens with one attached hydrogen (secondary N) is 3. The quantitative estimate of drug-likeness (QED) is 0.110. The molecule has 2 saturated heterocycles. The number of hydrogen-bond donors (Lipinski definition) is 5. The number of unbranched alkanes of at least 4 members (excludes halogenated alkanes) is 2. The number of carboxylic acids is 1. The van der Waals surface area contributed by atoms with Crippen LogP contribution in [0.2, 0.25) is 0 Å². The maximum atomic E-state index is 13.6. The van der Waals surface area contributed by atoms with Gasteiger partial charge in [-0.3, -0.25) is 18.7 Å². The van der Waals surface area contributed by atoms with E-state index in [1.807, 2.05) is 37.3 Å². The van der Waals surface area contributed by atoms with Crippen molar-refractivity contribution in [1.29, 1.82) is 0 Å². The van der Waals surface area contributed by atoms with Gasteiger partial charge in [0, 0.05) is 26.2 Å². The lowest BCUT2D eigenvalue weighted by Crippen LogP contribution is -2.54. The third-order valence-electron chi connectivity index (χ3n) is 8.33. The van der Waals surface area contributed by atoms with Crippen LogP contribution in [0.3, 0.4) is 0 Å². The van der Waals surface area contributed by atoms with Crippen LogP contribution in [0.25, 0.3) is 0 Å². The number of alkyl carbamates (subject to hydrolysis) is 1. The minimum absolute atomic E-state index is 0.0531. The average molecular weight is 712 g/mol. The molecule has 0 spiro atoms. The normalized spacial score (nSPS) is 19.2. The van der Waals surface area contributed by atoms with Crippen molar-refractivity contribution in [2.45, 2.75) is 95.8 Å². The van der Waals surface area contributed by atoms with E-state index in [0.29, 0.717) is 58.4 Å². The molecule has 0 saturated carbocycles. The average Bonchev–Trinajstić information content (AvgIpc) is 3.59. The molecule has 5 N–H and O–H groups in total. The fraction of sp³-hybridized carbons (Fsp3) is 0.656. The number of likely N-dealkylation sites (tertiary alicyclic amines) is 1. The van der Waals surface area contributed by atoms with Crippen LogP contribution in [0, 0.1) is 0 Å². The molecule has 0 radical (unpaired) electrons. The summed E-state index contributed by atoms with van der Waals surface area (Å²) in [6.07, 6.45) is 0.855. The first-order valence-electron chi connectivity index (χ1n) is 16.8. The minimum Gasteiger partial charge on any atom is -0.480 e. The van der Waals surface area contributed by atoms with Gasteiger partial charge in [-0.1, -0.05) is 50.1 Å². The molecule has 16 nitrogen and oxygen atoms in total. The molecule has 2 aliphatic heterocycles. The van der Waals surface area contributed by atoms with Gasteiger partial charge in [0.25, 0.3) is 5.91 Å². The van der Waals surface area contributed by atoms with Crippen LogP contribution in [0.15, 0.2) is 30.3 Å². The van der Waals surface area contributed by atoms with Crippen LogP contribution in [0.5, 0.6) is 0 Å². The highest BCUT2D eigenvalue weighted by molar-refractivity contribution is 7.53. The van der Waals surface area contributed by atoms with E-state index >= 15 is 0 Å². The molecule has 0 bridgehead atoms. The van der Waals surface area contributed by atoms with Gasteiger partial charge in [-0.25, -0.2) is 14.4 Å². The van der Waals surface area contributed by atoms with Crippen LogP contribution >= 0.6 is 7.60 Å². The number of ether oxygens (including phenoxy) is 2. The Morgan fingerprint density at radius 3 is 2.41 bits per heavy atom. The fourth-order valence-electron chi connectivity index (χ4n) is 5.56. The van der Waals surface area contributed by atoms with Gasteiger partial charge in [0.2, 0.25) is 5.91 Å². The molecule has 274 valence electrons. The number of urea groups is 1. The zero-order valence-corrected chi connectivity index (χ0v) is 29.1. The monoisotopic (exact) mass is 711 g/mol. The van der Waals surface area contributed by atoms with Crippen molar-refractivity contribution in [3.8, 4) is 0 Å². The van der Waals surface area contributed by atoms with Crippen LogP contribution < -0.4 is 16.0 Å². The smallest absolute Gasteiger partial charge is 0.407 e. The Labute approximate surface area is 286 Å². The third-order valence-corrected chi connectivity index (χ3v) is 10.1. The zero-order valence-electron chi connectivity index (χ0n) is 28.2. The molecule has 3 rings (SSSR count). The van der Waals surface area contributed by atoms with Gasteiger partial charge in [-0.15, -0.1) is 0 Å². The Bertz CT molecular complexity index is 1300. The fourth-order valence-corrected chi connectivity index (χ4v) is 7.05. The molecule has 2 fully saturated rings. The van der Waals surface area contributed by atoms with Gasteiger partial charge in [-0.05, 0) is 51.0 Å². The lowest BCUT2D eigenvalue weighted by Gasteiger charge is -2.31. The number of carbonyl (C=O) groups excluding carboxylic acids is 4. The van der Waals surface area contributed by atoms with Crippen LogP contribution in [0.4, 0.5) is 9.59 Å². The number of carbonyl (C=O) groups is 5. The number of nitrogens with zero attached hydrogens (tertiary/aromatic N) is 2. The van der Waals surface area contributed by atoms with E-state index < -0.39 is 61.5 Å². The molecule has 1 aromatic rings. The lowest BCUT2D eigenvalue weighted by atomic mass is 10.1. The molecule has 0 aromatic heterocycles. The summed E-state index contributed by atoms with van der Waals surface area (Å²) in [5.74, 6) is -4.00. The van der Waals surface area contributed by atoms with Gasteiger partial charge in [0.1, 0.15) is 30.6 Å². The second kappa shape index (κ2) is 20.1. The molecule has 17 heteroatoms. The first kappa shape index (κ1) is 39.7. The second-order valence-electron chi connectivity index (χ2n) is 12.1. The van der Waals surface area contributed by atoms with Crippen LogP contribution in [-0.2, 0) is 39.6 Å². The number of benzene rings is 1. The summed E-state index contributed by atoms with van der Waals surface area (Å²) in [5.41, 5.74) is 0.844. The Kier molecular flexibility index (Phi) is 16.3. The maximum Gasteiger partial charge on any atom is 0.407 e. The summed E-state index contributed by atoms with van der Waals surface area (Å²) < 4.78 is 29.5. The number of hydrogen-bond acceptors (Lipinski definition) is 9. The first-order valence-corrected chi connectivity index (χ1v) is 18.5. The summed E-state index contributed by atoms with van der Waals surface area (Å²) in [4.78, 5) is 77.1. The largest absolute Gasteiger partial charge is 0.480 e. The van der Waals surface area contributed by atoms with Crippen molar-refractivity contribution >= 4 is 37.5 Å². The van der Waals surface area contributed by atoms with Gasteiger partial charge >= 0.3 is 25.7 Å². The van der Waals surface area contributed by atoms with Crippen LogP contribution in [-0.4, -0.2) is 113 Å². The summed E-state index contributed by atoms with van der Waals surface area (Å²) in [6.45, 7) is 5.06. The lowest BCUT2D eigenvalue weighted by molar-refractivity contribution is -0.151. The van der Waals surface area contributed by atoms with E-state index in [4.69, 9.17) is 14.0 Å². The summed E-state index contributed by atoms with van der Waals surface area (Å²) in [5, 5.41) is 17.4. The molecule has 1 aromatic carbocycles.